The van der Waals surface area contributed by atoms with Gasteiger partial charge in [-0.1, -0.05) is 71.4 Å². The molecular weight excluding hydrogens is 382 g/mol. The van der Waals surface area contributed by atoms with Crippen LogP contribution in [0.5, 0.6) is 0 Å². The number of carbonyl (C=O) groups is 1. The van der Waals surface area contributed by atoms with E-state index in [2.05, 4.69) is 45.7 Å². The molecule has 1 rings (SSSR count). The summed E-state index contributed by atoms with van der Waals surface area (Å²) in [7, 11) is 0. The Morgan fingerprint density at radius 1 is 1.25 bits per heavy atom. The number of allylic oxidation sites excluding steroid dienone is 2. The number of unbranched alkanes of at least 4 members (excludes halogenated alkanes) is 3. The molecule has 0 aliphatic carbocycles. The average molecular weight is 407 g/mol. The van der Waals surface area contributed by atoms with Gasteiger partial charge in [-0.25, -0.2) is 0 Å². The monoisotopic (exact) mass is 405 g/mol. The van der Waals surface area contributed by atoms with Crippen LogP contribution in [-0.2, 0) is 4.79 Å². The summed E-state index contributed by atoms with van der Waals surface area (Å²) in [5.74, 6) is 0.172. The van der Waals surface area contributed by atoms with Crippen LogP contribution in [0, 0.1) is 0 Å². The third-order valence-corrected chi connectivity index (χ3v) is 4.92. The zero-order chi connectivity index (χ0) is 15.1. The van der Waals surface area contributed by atoms with E-state index in [0.717, 1.165) is 41.6 Å². The minimum atomic E-state index is 0.172. The van der Waals surface area contributed by atoms with Gasteiger partial charge in [-0.2, -0.15) is 0 Å². The molecule has 0 bridgehead atoms. The molecule has 0 fully saturated rings. The smallest absolute Gasteiger partial charge is 0.255 e. The average Bonchev–Trinajstić information content (AvgIpc) is 2.74. The summed E-state index contributed by atoms with van der Waals surface area (Å²) in [6.07, 6.45) is 8.82. The van der Waals surface area contributed by atoms with E-state index in [1.54, 1.807) is 0 Å². The highest BCUT2D eigenvalue weighted by molar-refractivity contribution is 9.11. The Morgan fingerprint density at radius 2 is 1.90 bits per heavy atom. The molecule has 20 heavy (non-hydrogen) atoms. The molecule has 1 heterocycles. The summed E-state index contributed by atoms with van der Waals surface area (Å²) < 4.78 is 1.03. The summed E-state index contributed by atoms with van der Waals surface area (Å²) in [4.78, 5) is 14.7. The first kappa shape index (κ1) is 18.0. The summed E-state index contributed by atoms with van der Waals surface area (Å²) in [6, 6.07) is 0. The van der Waals surface area contributed by atoms with Crippen molar-refractivity contribution in [3.63, 3.8) is 0 Å². The first-order valence-corrected chi connectivity index (χ1v) is 9.27. The maximum absolute atomic E-state index is 12.6. The second-order valence-electron chi connectivity index (χ2n) is 5.29. The van der Waals surface area contributed by atoms with Crippen LogP contribution in [0.1, 0.15) is 59.3 Å². The highest BCUT2D eigenvalue weighted by Crippen LogP contribution is 2.32. The van der Waals surface area contributed by atoms with E-state index >= 15 is 0 Å². The molecule has 1 aliphatic heterocycles. The number of hydrogen-bond acceptors (Lipinski definition) is 1. The topological polar surface area (TPSA) is 20.3 Å². The van der Waals surface area contributed by atoms with E-state index in [1.165, 1.54) is 19.3 Å². The molecule has 4 heteroatoms. The van der Waals surface area contributed by atoms with Crippen molar-refractivity contribution >= 4 is 37.8 Å². The maximum Gasteiger partial charge on any atom is 0.255 e. The van der Waals surface area contributed by atoms with Gasteiger partial charge in [0.1, 0.15) is 0 Å². The second-order valence-corrected chi connectivity index (χ2v) is 7.59. The standard InChI is InChI=1S/C16H25Br2NO/c1-4-6-8-9-14(18)13-11-15(12(3)17)19(16(13)20)10-7-5-2/h11,14H,4-10H2,1-3H3/b15-12-. The predicted octanol–water partition coefficient (Wildman–Crippen LogP) is 5.53. The lowest BCUT2D eigenvalue weighted by Gasteiger charge is -2.20. The number of hydrogen-bond donors (Lipinski definition) is 0. The van der Waals surface area contributed by atoms with Gasteiger partial charge in [-0.3, -0.25) is 4.79 Å². The summed E-state index contributed by atoms with van der Waals surface area (Å²) >= 11 is 7.22. The first-order valence-electron chi connectivity index (χ1n) is 7.56. The van der Waals surface area contributed by atoms with Crippen molar-refractivity contribution < 1.29 is 4.79 Å². The number of amides is 1. The van der Waals surface area contributed by atoms with Crippen LogP contribution in [-0.4, -0.2) is 22.2 Å². The van der Waals surface area contributed by atoms with Gasteiger partial charge in [-0.15, -0.1) is 0 Å². The molecule has 0 saturated heterocycles. The van der Waals surface area contributed by atoms with Crippen molar-refractivity contribution in [1.29, 1.82) is 0 Å². The fourth-order valence-electron chi connectivity index (χ4n) is 2.33. The molecule has 0 aromatic rings. The Balaban J connectivity index is 2.79. The summed E-state index contributed by atoms with van der Waals surface area (Å²) in [6.45, 7) is 7.16. The molecule has 2 nitrogen and oxygen atoms in total. The van der Waals surface area contributed by atoms with E-state index in [4.69, 9.17) is 0 Å². The van der Waals surface area contributed by atoms with Crippen LogP contribution >= 0.6 is 31.9 Å². The first-order chi connectivity index (χ1) is 9.52. The molecule has 0 N–H and O–H groups in total. The maximum atomic E-state index is 12.6. The van der Waals surface area contributed by atoms with E-state index in [9.17, 15) is 4.79 Å². The zero-order valence-electron chi connectivity index (χ0n) is 12.7. The molecule has 0 radical (unpaired) electrons. The Morgan fingerprint density at radius 3 is 2.45 bits per heavy atom. The molecule has 0 aromatic carbocycles. The van der Waals surface area contributed by atoms with Gasteiger partial charge in [0.15, 0.2) is 0 Å². The summed E-state index contributed by atoms with van der Waals surface area (Å²) in [5.41, 5.74) is 1.93. The van der Waals surface area contributed by atoms with E-state index in [1.807, 2.05) is 17.9 Å². The van der Waals surface area contributed by atoms with Crippen molar-refractivity contribution in [3.8, 4) is 0 Å². The van der Waals surface area contributed by atoms with Crippen molar-refractivity contribution in [1.82, 2.24) is 4.90 Å². The molecule has 114 valence electrons. The van der Waals surface area contributed by atoms with E-state index < -0.39 is 0 Å². The van der Waals surface area contributed by atoms with Gasteiger partial charge in [0.2, 0.25) is 0 Å². The highest BCUT2D eigenvalue weighted by atomic mass is 79.9. The molecular formula is C16H25Br2NO. The zero-order valence-corrected chi connectivity index (χ0v) is 15.9. The largest absolute Gasteiger partial charge is 0.308 e. The molecule has 1 aliphatic rings. The lowest BCUT2D eigenvalue weighted by Crippen LogP contribution is -2.29. The van der Waals surface area contributed by atoms with E-state index in [-0.39, 0.29) is 10.7 Å². The summed E-state index contributed by atoms with van der Waals surface area (Å²) in [5, 5.41) is 0. The minimum absolute atomic E-state index is 0.172. The van der Waals surface area contributed by atoms with E-state index in [0.29, 0.717) is 0 Å². The Hall–Kier alpha value is -0.0900. The van der Waals surface area contributed by atoms with Crippen molar-refractivity contribution in [3.05, 3.63) is 21.8 Å². The van der Waals surface area contributed by atoms with Crippen LogP contribution < -0.4 is 0 Å². The van der Waals surface area contributed by atoms with Crippen molar-refractivity contribution in [2.45, 2.75) is 64.1 Å². The van der Waals surface area contributed by atoms with Crippen LogP contribution in [0.25, 0.3) is 0 Å². The third-order valence-electron chi connectivity index (χ3n) is 3.56. The normalized spacial score (nSPS) is 19.4. The fraction of sp³-hybridized carbons (Fsp3) is 0.688. The van der Waals surface area contributed by atoms with Crippen LogP contribution in [0.4, 0.5) is 0 Å². The van der Waals surface area contributed by atoms with Crippen LogP contribution in [0.2, 0.25) is 0 Å². The lowest BCUT2D eigenvalue weighted by molar-refractivity contribution is -0.124. The van der Waals surface area contributed by atoms with Gasteiger partial charge >= 0.3 is 0 Å². The van der Waals surface area contributed by atoms with Crippen molar-refractivity contribution in [2.24, 2.45) is 0 Å². The van der Waals surface area contributed by atoms with Gasteiger partial charge in [0.25, 0.3) is 5.91 Å². The predicted molar refractivity (Wildman–Crippen MR) is 93.2 cm³/mol. The molecule has 0 aromatic heterocycles. The quantitative estimate of drug-likeness (QED) is 0.383. The van der Waals surface area contributed by atoms with Gasteiger partial charge in [0, 0.05) is 21.4 Å². The van der Waals surface area contributed by atoms with Gasteiger partial charge < -0.3 is 4.90 Å². The SMILES string of the molecule is CCCCCC(Br)C1=C/C(=C(\C)Br)N(CCCC)C1=O. The Kier molecular flexibility index (Phi) is 8.11. The van der Waals surface area contributed by atoms with Crippen LogP contribution in [0.3, 0.4) is 0 Å². The minimum Gasteiger partial charge on any atom is -0.308 e. The van der Waals surface area contributed by atoms with Crippen molar-refractivity contribution in [2.75, 3.05) is 6.54 Å². The highest BCUT2D eigenvalue weighted by Gasteiger charge is 2.31. The lowest BCUT2D eigenvalue weighted by atomic mass is 10.1. The number of halogens is 2. The number of rotatable bonds is 8. The number of carbonyl (C=O) groups excluding carboxylic acids is 1. The molecule has 0 spiro atoms. The van der Waals surface area contributed by atoms with Gasteiger partial charge in [0.05, 0.1) is 5.70 Å². The molecule has 1 atom stereocenters. The Bertz CT molecular complexity index is 397. The molecule has 0 saturated carbocycles. The number of nitrogens with zero attached hydrogens (tertiary/aromatic N) is 1. The molecule has 1 unspecified atom stereocenters. The fourth-order valence-corrected chi connectivity index (χ4v) is 3.31. The van der Waals surface area contributed by atoms with Crippen LogP contribution in [0.15, 0.2) is 21.8 Å². The third kappa shape index (κ3) is 4.73. The molecule has 1 amide bonds. The second kappa shape index (κ2) is 9.04. The number of alkyl halides is 1. The van der Waals surface area contributed by atoms with Gasteiger partial charge in [-0.05, 0) is 25.8 Å². The Labute approximate surface area is 139 Å².